The first-order valence-electron chi connectivity index (χ1n) is 7.05. The van der Waals surface area contributed by atoms with Gasteiger partial charge in [-0.25, -0.2) is 0 Å². The molecular weight excluding hydrogens is 288 g/mol. The number of anilines is 1. The summed E-state index contributed by atoms with van der Waals surface area (Å²) < 4.78 is 1.98. The van der Waals surface area contributed by atoms with Crippen LogP contribution in [-0.4, -0.2) is 22.1 Å². The number of fused-ring (bicyclic) bond motifs is 1. The van der Waals surface area contributed by atoms with Crippen molar-refractivity contribution in [2.45, 2.75) is 6.54 Å². The van der Waals surface area contributed by atoms with Gasteiger partial charge in [0.25, 0.3) is 0 Å². The van der Waals surface area contributed by atoms with Crippen LogP contribution in [0.3, 0.4) is 0 Å². The highest BCUT2D eigenvalue weighted by molar-refractivity contribution is 5.94. The van der Waals surface area contributed by atoms with Crippen LogP contribution in [0.5, 0.6) is 0 Å². The second-order valence-corrected chi connectivity index (χ2v) is 4.94. The highest BCUT2D eigenvalue weighted by Gasteiger charge is 2.08. The second kappa shape index (κ2) is 6.58. The lowest BCUT2D eigenvalue weighted by atomic mass is 10.2. The molecular formula is C18H14N4O. The molecule has 23 heavy (non-hydrogen) atoms. The number of aromatic nitrogens is 2. The highest BCUT2D eigenvalue weighted by Crippen LogP contribution is 2.19. The van der Waals surface area contributed by atoms with Gasteiger partial charge in [0.05, 0.1) is 11.1 Å². The zero-order valence-corrected chi connectivity index (χ0v) is 12.3. The summed E-state index contributed by atoms with van der Waals surface area (Å²) in [5.74, 6) is 0. The molecule has 5 heteroatoms. The maximum atomic E-state index is 11.1. The Morgan fingerprint density at radius 2 is 2.13 bits per heavy atom. The van der Waals surface area contributed by atoms with Crippen LogP contribution in [0.15, 0.2) is 48.8 Å². The third kappa shape index (κ3) is 3.11. The van der Waals surface area contributed by atoms with E-state index >= 15 is 0 Å². The minimum atomic E-state index is 0.556. The third-order valence-corrected chi connectivity index (χ3v) is 3.44. The number of nitrogens with zero attached hydrogens (tertiary/aromatic N) is 2. The molecule has 0 unspecified atom stereocenters. The van der Waals surface area contributed by atoms with Crippen LogP contribution in [0.1, 0.15) is 15.9 Å². The van der Waals surface area contributed by atoms with Gasteiger partial charge in [0.1, 0.15) is 5.52 Å². The van der Waals surface area contributed by atoms with Crippen molar-refractivity contribution in [2.24, 2.45) is 0 Å². The minimum Gasteiger partial charge on any atom is -0.362 e. The molecule has 0 saturated heterocycles. The van der Waals surface area contributed by atoms with Crippen molar-refractivity contribution in [1.29, 1.82) is 5.41 Å². The normalized spacial score (nSPS) is 10.6. The summed E-state index contributed by atoms with van der Waals surface area (Å²) in [6, 6.07) is 12.6. The Morgan fingerprint density at radius 3 is 2.87 bits per heavy atom. The Balaban J connectivity index is 1.83. The van der Waals surface area contributed by atoms with Crippen LogP contribution in [0.25, 0.3) is 11.0 Å². The molecule has 0 radical (unpaired) electrons. The quantitative estimate of drug-likeness (QED) is 0.543. The summed E-state index contributed by atoms with van der Waals surface area (Å²) in [4.78, 5) is 15.2. The summed E-state index contributed by atoms with van der Waals surface area (Å²) >= 11 is 0. The number of nitrogens with one attached hydrogen (secondary N) is 2. The molecule has 5 nitrogen and oxygen atoms in total. The SMILES string of the molecule is N=C/C=C\Nc1ccc(Cn2cc(C=O)c3nc#ccc32)cc1. The van der Waals surface area contributed by atoms with Crippen LogP contribution in [0, 0.1) is 17.7 Å². The molecule has 1 aromatic carbocycles. The topological polar surface area (TPSA) is 70.8 Å². The summed E-state index contributed by atoms with van der Waals surface area (Å²) in [5, 5.41) is 10.00. The lowest BCUT2D eigenvalue weighted by molar-refractivity contribution is 0.112. The molecule has 0 atom stereocenters. The Morgan fingerprint density at radius 1 is 1.30 bits per heavy atom. The van der Waals surface area contributed by atoms with Gasteiger partial charge in [0.2, 0.25) is 0 Å². The van der Waals surface area contributed by atoms with Gasteiger partial charge in [0.15, 0.2) is 6.29 Å². The van der Waals surface area contributed by atoms with Crippen molar-refractivity contribution < 1.29 is 4.79 Å². The smallest absolute Gasteiger partial charge is 0.153 e. The van der Waals surface area contributed by atoms with Gasteiger partial charge in [-0.2, -0.15) is 4.98 Å². The standard InChI is InChI=1S/C18H14N4O/c19-8-2-10-20-16-6-4-14(5-7-16)11-22-12-15(13-23)18-17(22)3-1-9-21-18/h2-8,10,12-13,19-20H,11H2/b10-2-,19-8?. The van der Waals surface area contributed by atoms with Crippen molar-refractivity contribution in [2.75, 3.05) is 5.32 Å². The molecule has 2 heterocycles. The first-order chi connectivity index (χ1) is 11.3. The van der Waals surface area contributed by atoms with E-state index in [0.29, 0.717) is 17.6 Å². The zero-order chi connectivity index (χ0) is 16.1. The van der Waals surface area contributed by atoms with Gasteiger partial charge >= 0.3 is 0 Å². The summed E-state index contributed by atoms with van der Waals surface area (Å²) in [7, 11) is 0. The number of rotatable bonds is 6. The number of aldehydes is 1. The first kappa shape index (κ1) is 14.5. The molecule has 3 rings (SSSR count). The molecule has 112 valence electrons. The first-order valence-corrected chi connectivity index (χ1v) is 7.05. The van der Waals surface area contributed by atoms with Crippen molar-refractivity contribution >= 4 is 29.2 Å². The fraction of sp³-hybridized carbons (Fsp3) is 0.0556. The van der Waals surface area contributed by atoms with Gasteiger partial charge in [-0.1, -0.05) is 12.1 Å². The Kier molecular flexibility index (Phi) is 4.16. The number of benzene rings is 1. The molecule has 0 spiro atoms. The number of hydrogen-bond acceptors (Lipinski definition) is 4. The van der Waals surface area contributed by atoms with Gasteiger partial charge in [-0.3, -0.25) is 4.79 Å². The summed E-state index contributed by atoms with van der Waals surface area (Å²) in [6.07, 6.45) is 9.78. The van der Waals surface area contributed by atoms with Crippen LogP contribution < -0.4 is 5.32 Å². The van der Waals surface area contributed by atoms with E-state index in [4.69, 9.17) is 5.41 Å². The van der Waals surface area contributed by atoms with E-state index in [1.165, 1.54) is 6.21 Å². The van der Waals surface area contributed by atoms with Crippen LogP contribution >= 0.6 is 0 Å². The number of carbonyl (C=O) groups is 1. The van der Waals surface area contributed by atoms with Crippen molar-refractivity contribution in [3.8, 4) is 0 Å². The van der Waals surface area contributed by atoms with E-state index in [-0.39, 0.29) is 0 Å². The van der Waals surface area contributed by atoms with Gasteiger partial charge in [-0.05, 0) is 29.8 Å². The summed E-state index contributed by atoms with van der Waals surface area (Å²) in [6.45, 7) is 0.639. The maximum Gasteiger partial charge on any atom is 0.153 e. The average molecular weight is 302 g/mol. The molecule has 0 amide bonds. The van der Waals surface area contributed by atoms with E-state index in [9.17, 15) is 4.79 Å². The van der Waals surface area contributed by atoms with E-state index in [2.05, 4.69) is 22.6 Å². The van der Waals surface area contributed by atoms with E-state index in [0.717, 1.165) is 23.1 Å². The van der Waals surface area contributed by atoms with Gasteiger partial charge in [-0.15, -0.1) is 0 Å². The molecule has 2 aromatic heterocycles. The van der Waals surface area contributed by atoms with E-state index in [1.807, 2.05) is 28.8 Å². The predicted molar refractivity (Wildman–Crippen MR) is 89.9 cm³/mol. The number of carbonyl (C=O) groups excluding carboxylic acids is 1. The zero-order valence-electron chi connectivity index (χ0n) is 12.3. The molecule has 3 aromatic rings. The van der Waals surface area contributed by atoms with Gasteiger partial charge < -0.3 is 15.3 Å². The molecule has 0 aliphatic heterocycles. The molecule has 0 fully saturated rings. The molecule has 0 aliphatic rings. The largest absolute Gasteiger partial charge is 0.362 e. The Hall–Kier alpha value is -3.39. The lowest BCUT2D eigenvalue weighted by Gasteiger charge is -2.06. The molecule has 0 bridgehead atoms. The van der Waals surface area contributed by atoms with E-state index < -0.39 is 0 Å². The second-order valence-electron chi connectivity index (χ2n) is 4.94. The van der Waals surface area contributed by atoms with E-state index in [1.54, 1.807) is 24.5 Å². The molecule has 0 aliphatic carbocycles. The monoisotopic (exact) mass is 302 g/mol. The lowest BCUT2D eigenvalue weighted by Crippen LogP contribution is -1.98. The maximum absolute atomic E-state index is 11.1. The fourth-order valence-electron chi connectivity index (χ4n) is 2.36. The van der Waals surface area contributed by atoms with Gasteiger partial charge in [0, 0.05) is 43.1 Å². The highest BCUT2D eigenvalue weighted by atomic mass is 16.1. The Bertz CT molecular complexity index is 862. The van der Waals surface area contributed by atoms with Crippen molar-refractivity contribution in [3.05, 3.63) is 72.2 Å². The third-order valence-electron chi connectivity index (χ3n) is 3.44. The van der Waals surface area contributed by atoms with Crippen LogP contribution in [0.2, 0.25) is 0 Å². The molecule has 2 N–H and O–H groups in total. The van der Waals surface area contributed by atoms with Crippen LogP contribution in [-0.2, 0) is 6.54 Å². The number of hydrogen-bond donors (Lipinski definition) is 2. The average Bonchev–Trinajstić information content (AvgIpc) is 2.95. The fourth-order valence-corrected chi connectivity index (χ4v) is 2.36. The van der Waals surface area contributed by atoms with Crippen molar-refractivity contribution in [3.63, 3.8) is 0 Å². The predicted octanol–water partition coefficient (Wildman–Crippen LogP) is 3.07. The molecule has 0 saturated carbocycles. The van der Waals surface area contributed by atoms with Crippen LogP contribution in [0.4, 0.5) is 5.69 Å². The minimum absolute atomic E-state index is 0.556. The Labute approximate surface area is 133 Å². The number of allylic oxidation sites excluding steroid dienone is 1. The summed E-state index contributed by atoms with van der Waals surface area (Å²) in [5.41, 5.74) is 4.12. The van der Waals surface area contributed by atoms with Crippen molar-refractivity contribution in [1.82, 2.24) is 9.55 Å².